The first kappa shape index (κ1) is 13.7. The molecule has 0 radical (unpaired) electrons. The summed E-state index contributed by atoms with van der Waals surface area (Å²) in [5, 5.41) is 3.42. The Morgan fingerprint density at radius 3 is 2.35 bits per heavy atom. The van der Waals surface area contributed by atoms with Crippen molar-refractivity contribution < 1.29 is 14.3 Å². The van der Waals surface area contributed by atoms with Crippen LogP contribution in [0.25, 0.3) is 0 Å². The number of para-hydroxylation sites is 1. The first-order chi connectivity index (χ1) is 11.2. The molecule has 23 heavy (non-hydrogen) atoms. The molecule has 1 aromatic rings. The molecule has 0 spiro atoms. The number of amides is 1. The lowest BCUT2D eigenvalue weighted by Gasteiger charge is -2.56. The third-order valence-corrected chi connectivity index (χ3v) is 6.23. The number of ether oxygens (including phenoxy) is 2. The van der Waals surface area contributed by atoms with Crippen LogP contribution in [0.3, 0.4) is 0 Å². The van der Waals surface area contributed by atoms with Gasteiger partial charge in [0.05, 0.1) is 5.56 Å². The Balaban J connectivity index is 1.42. The van der Waals surface area contributed by atoms with Crippen molar-refractivity contribution in [3.63, 3.8) is 0 Å². The summed E-state index contributed by atoms with van der Waals surface area (Å²) >= 11 is 0. The molecule has 4 saturated carbocycles. The van der Waals surface area contributed by atoms with Crippen molar-refractivity contribution in [1.29, 1.82) is 0 Å². The Morgan fingerprint density at radius 1 is 1.00 bits per heavy atom. The van der Waals surface area contributed by atoms with Crippen molar-refractivity contribution in [2.45, 2.75) is 44.1 Å². The molecule has 4 heteroatoms. The van der Waals surface area contributed by atoms with Crippen molar-refractivity contribution in [1.82, 2.24) is 5.32 Å². The van der Waals surface area contributed by atoms with Gasteiger partial charge in [0.1, 0.15) is 13.2 Å². The van der Waals surface area contributed by atoms with Gasteiger partial charge in [-0.3, -0.25) is 4.79 Å². The lowest BCUT2D eigenvalue weighted by molar-refractivity contribution is -0.0167. The van der Waals surface area contributed by atoms with Gasteiger partial charge < -0.3 is 14.8 Å². The van der Waals surface area contributed by atoms with Crippen molar-refractivity contribution in [3.05, 3.63) is 23.8 Å². The molecule has 4 fully saturated rings. The maximum absolute atomic E-state index is 13.0. The smallest absolute Gasteiger partial charge is 0.255 e. The van der Waals surface area contributed by atoms with Crippen LogP contribution >= 0.6 is 0 Å². The van der Waals surface area contributed by atoms with Gasteiger partial charge in [0, 0.05) is 5.54 Å². The van der Waals surface area contributed by atoms with Gasteiger partial charge >= 0.3 is 0 Å². The van der Waals surface area contributed by atoms with E-state index in [2.05, 4.69) is 5.32 Å². The zero-order valence-electron chi connectivity index (χ0n) is 13.3. The molecule has 1 aliphatic heterocycles. The Bertz CT molecular complexity index is 619. The zero-order chi connectivity index (χ0) is 15.4. The average Bonchev–Trinajstić information content (AvgIpc) is 2.52. The van der Waals surface area contributed by atoms with Gasteiger partial charge in [-0.1, -0.05) is 6.07 Å². The predicted octanol–water partition coefficient (Wildman–Crippen LogP) is 3.16. The van der Waals surface area contributed by atoms with Crippen LogP contribution in [0.4, 0.5) is 0 Å². The van der Waals surface area contributed by atoms with Crippen molar-refractivity contribution in [2.24, 2.45) is 17.8 Å². The molecule has 1 heterocycles. The largest absolute Gasteiger partial charge is 0.486 e. The maximum Gasteiger partial charge on any atom is 0.255 e. The van der Waals surface area contributed by atoms with Crippen LogP contribution in [0.5, 0.6) is 11.5 Å². The summed E-state index contributed by atoms with van der Waals surface area (Å²) in [5.74, 6) is 3.78. The van der Waals surface area contributed by atoms with E-state index in [4.69, 9.17) is 9.47 Å². The minimum Gasteiger partial charge on any atom is -0.486 e. The first-order valence-corrected chi connectivity index (χ1v) is 8.92. The summed E-state index contributed by atoms with van der Waals surface area (Å²) in [6.07, 6.45) is 7.64. The molecule has 4 bridgehead atoms. The van der Waals surface area contributed by atoms with Gasteiger partial charge in [0.15, 0.2) is 11.5 Å². The number of carbonyl (C=O) groups is 1. The Morgan fingerprint density at radius 2 is 1.65 bits per heavy atom. The Hall–Kier alpha value is -1.71. The van der Waals surface area contributed by atoms with Crippen molar-refractivity contribution in [3.8, 4) is 11.5 Å². The molecular weight excluding hydrogens is 290 g/mol. The average molecular weight is 313 g/mol. The van der Waals surface area contributed by atoms with E-state index in [1.165, 1.54) is 19.3 Å². The lowest BCUT2D eigenvalue weighted by atomic mass is 9.53. The van der Waals surface area contributed by atoms with E-state index in [1.54, 1.807) is 0 Å². The van der Waals surface area contributed by atoms with Gasteiger partial charge in [0.2, 0.25) is 0 Å². The molecule has 0 saturated heterocycles. The third kappa shape index (κ3) is 2.22. The molecule has 4 nitrogen and oxygen atoms in total. The van der Waals surface area contributed by atoms with Gasteiger partial charge in [-0.15, -0.1) is 0 Å². The quantitative estimate of drug-likeness (QED) is 0.912. The number of rotatable bonds is 2. The van der Waals surface area contributed by atoms with Crippen LogP contribution in [-0.2, 0) is 0 Å². The second kappa shape index (κ2) is 4.89. The SMILES string of the molecule is O=C(NC12CC3CC(CC(C3)C1)C2)c1cccc2c1OCCO2. The van der Waals surface area contributed by atoms with Crippen LogP contribution in [0, 0.1) is 17.8 Å². The van der Waals surface area contributed by atoms with Crippen LogP contribution in [-0.4, -0.2) is 24.7 Å². The molecule has 6 rings (SSSR count). The van der Waals surface area contributed by atoms with Crippen molar-refractivity contribution in [2.75, 3.05) is 13.2 Å². The van der Waals surface area contributed by atoms with Crippen molar-refractivity contribution >= 4 is 5.91 Å². The molecule has 5 aliphatic rings. The van der Waals surface area contributed by atoms with Gasteiger partial charge in [0.25, 0.3) is 5.91 Å². The summed E-state index contributed by atoms with van der Waals surface area (Å²) in [5.41, 5.74) is 0.655. The number of hydrogen-bond acceptors (Lipinski definition) is 3. The highest BCUT2D eigenvalue weighted by Crippen LogP contribution is 2.55. The molecule has 122 valence electrons. The number of benzene rings is 1. The van der Waals surface area contributed by atoms with E-state index in [9.17, 15) is 4.79 Å². The standard InChI is InChI=1S/C19H23NO3/c21-18(15-2-1-3-16-17(15)23-5-4-22-16)20-19-9-12-6-13(10-19)8-14(7-12)11-19/h1-3,12-14H,4-11H2,(H,20,21). The number of hydrogen-bond donors (Lipinski definition) is 1. The highest BCUT2D eigenvalue weighted by atomic mass is 16.6. The van der Waals surface area contributed by atoms with E-state index in [0.717, 1.165) is 37.0 Å². The van der Waals surface area contributed by atoms with Crippen LogP contribution in [0.2, 0.25) is 0 Å². The molecular formula is C19H23NO3. The highest BCUT2D eigenvalue weighted by molar-refractivity contribution is 5.98. The molecule has 4 aliphatic carbocycles. The molecule has 0 aromatic heterocycles. The minimum absolute atomic E-state index is 0.00861. The van der Waals surface area contributed by atoms with E-state index in [1.807, 2.05) is 18.2 Å². The van der Waals surface area contributed by atoms with Gasteiger partial charge in [-0.25, -0.2) is 0 Å². The Labute approximate surface area is 136 Å². The summed E-state index contributed by atoms with van der Waals surface area (Å²) in [7, 11) is 0. The highest BCUT2D eigenvalue weighted by Gasteiger charge is 2.51. The van der Waals surface area contributed by atoms with Crippen LogP contribution in [0.1, 0.15) is 48.9 Å². The Kier molecular flexibility index (Phi) is 2.91. The molecule has 1 N–H and O–H groups in total. The summed E-state index contributed by atoms with van der Waals surface area (Å²) < 4.78 is 11.3. The number of fused-ring (bicyclic) bond motifs is 1. The second-order valence-corrected chi connectivity index (χ2v) is 7.98. The predicted molar refractivity (Wildman–Crippen MR) is 85.8 cm³/mol. The fourth-order valence-corrected chi connectivity index (χ4v) is 5.82. The summed E-state index contributed by atoms with van der Waals surface area (Å²) in [6, 6.07) is 5.60. The molecule has 1 amide bonds. The fourth-order valence-electron chi connectivity index (χ4n) is 5.82. The topological polar surface area (TPSA) is 47.6 Å². The lowest BCUT2D eigenvalue weighted by Crippen LogP contribution is -2.59. The van der Waals surface area contributed by atoms with E-state index in [-0.39, 0.29) is 11.4 Å². The van der Waals surface area contributed by atoms with E-state index < -0.39 is 0 Å². The van der Waals surface area contributed by atoms with Crippen LogP contribution in [0.15, 0.2) is 18.2 Å². The fraction of sp³-hybridized carbons (Fsp3) is 0.632. The maximum atomic E-state index is 13.0. The van der Waals surface area contributed by atoms with Gasteiger partial charge in [-0.05, 0) is 68.4 Å². The van der Waals surface area contributed by atoms with Gasteiger partial charge in [-0.2, -0.15) is 0 Å². The summed E-state index contributed by atoms with van der Waals surface area (Å²) in [4.78, 5) is 13.0. The monoisotopic (exact) mass is 313 g/mol. The number of nitrogens with one attached hydrogen (secondary N) is 1. The zero-order valence-corrected chi connectivity index (χ0v) is 13.3. The minimum atomic E-state index is 0.00861. The first-order valence-electron chi connectivity index (χ1n) is 8.92. The normalized spacial score (nSPS) is 36.8. The number of carbonyl (C=O) groups excluding carboxylic acids is 1. The van der Waals surface area contributed by atoms with E-state index >= 15 is 0 Å². The van der Waals surface area contributed by atoms with Crippen LogP contribution < -0.4 is 14.8 Å². The molecule has 0 unspecified atom stereocenters. The van der Waals surface area contributed by atoms with E-state index in [0.29, 0.717) is 30.3 Å². The molecule has 0 atom stereocenters. The molecule has 1 aromatic carbocycles. The summed E-state index contributed by atoms with van der Waals surface area (Å²) in [6.45, 7) is 1.06. The second-order valence-electron chi connectivity index (χ2n) is 7.98. The third-order valence-electron chi connectivity index (χ3n) is 6.23.